The number of halogens is 1. The molecule has 0 amide bonds. The Kier molecular flexibility index (Phi) is 3.66. The maximum absolute atomic E-state index is 4.36. The van der Waals surface area contributed by atoms with E-state index in [0.29, 0.717) is 0 Å². The fraction of sp³-hybridized carbons (Fsp3) is 0.154. The van der Waals surface area contributed by atoms with Crippen LogP contribution in [0.3, 0.4) is 0 Å². The number of aromatic nitrogens is 1. The average Bonchev–Trinajstić information content (AvgIpc) is 2.27. The molecule has 0 atom stereocenters. The Morgan fingerprint density at radius 2 is 1.94 bits per heavy atom. The summed E-state index contributed by atoms with van der Waals surface area (Å²) in [6.45, 7) is 4.24. The van der Waals surface area contributed by atoms with Crippen LogP contribution in [-0.2, 0) is 0 Å². The smallest absolute Gasteiger partial charge is 0.101 e. The zero-order chi connectivity index (χ0) is 11.5. The maximum Gasteiger partial charge on any atom is 0.101 e. The average molecular weight is 294 g/mol. The third-order valence-electron chi connectivity index (χ3n) is 2.26. The summed E-state index contributed by atoms with van der Waals surface area (Å²) in [6.07, 6.45) is 1.83. The van der Waals surface area contributed by atoms with Gasteiger partial charge in [-0.25, -0.2) is 4.98 Å². The van der Waals surface area contributed by atoms with Crippen LogP contribution in [0.4, 0.5) is 0 Å². The third-order valence-corrected chi connectivity index (χ3v) is 3.84. The number of pyridine rings is 1. The molecule has 0 spiro atoms. The molecule has 2 aromatic rings. The Labute approximate surface area is 108 Å². The molecule has 82 valence electrons. The van der Waals surface area contributed by atoms with Crippen LogP contribution < -0.4 is 0 Å². The van der Waals surface area contributed by atoms with Gasteiger partial charge < -0.3 is 0 Å². The van der Waals surface area contributed by atoms with Gasteiger partial charge in [0.1, 0.15) is 5.03 Å². The summed E-state index contributed by atoms with van der Waals surface area (Å²) >= 11 is 5.09. The van der Waals surface area contributed by atoms with Gasteiger partial charge in [0.15, 0.2) is 0 Å². The summed E-state index contributed by atoms with van der Waals surface area (Å²) in [4.78, 5) is 5.63. The lowest BCUT2D eigenvalue weighted by molar-refractivity contribution is 1.12. The Bertz CT molecular complexity index is 494. The van der Waals surface area contributed by atoms with Gasteiger partial charge in [0.2, 0.25) is 0 Å². The number of rotatable bonds is 2. The molecule has 0 fully saturated rings. The van der Waals surface area contributed by atoms with Crippen molar-refractivity contribution in [1.82, 2.24) is 4.98 Å². The van der Waals surface area contributed by atoms with Gasteiger partial charge in [0, 0.05) is 15.6 Å². The Balaban J connectivity index is 2.26. The van der Waals surface area contributed by atoms with E-state index in [1.165, 1.54) is 16.0 Å². The lowest BCUT2D eigenvalue weighted by Crippen LogP contribution is -1.84. The normalized spacial score (nSPS) is 10.4. The van der Waals surface area contributed by atoms with Gasteiger partial charge in [-0.15, -0.1) is 0 Å². The summed E-state index contributed by atoms with van der Waals surface area (Å²) < 4.78 is 1.01. The second-order valence-corrected chi connectivity index (χ2v) is 5.66. The molecule has 1 nitrogen and oxygen atoms in total. The molecule has 1 heterocycles. The minimum Gasteiger partial charge on any atom is -0.248 e. The maximum atomic E-state index is 4.36. The van der Waals surface area contributed by atoms with E-state index >= 15 is 0 Å². The lowest BCUT2D eigenvalue weighted by atomic mass is 10.2. The van der Waals surface area contributed by atoms with Crippen molar-refractivity contribution in [3.8, 4) is 0 Å². The molecule has 0 saturated carbocycles. The van der Waals surface area contributed by atoms with E-state index in [0.717, 1.165) is 9.50 Å². The summed E-state index contributed by atoms with van der Waals surface area (Å²) in [5, 5.41) is 1.02. The molecule has 1 aromatic carbocycles. The molecule has 0 bridgehead atoms. The molecule has 0 unspecified atom stereocenters. The first-order valence-electron chi connectivity index (χ1n) is 5.02. The molecular formula is C13H12BrNS. The summed E-state index contributed by atoms with van der Waals surface area (Å²) in [5.41, 5.74) is 2.57. The molecule has 16 heavy (non-hydrogen) atoms. The van der Waals surface area contributed by atoms with Crippen molar-refractivity contribution in [2.45, 2.75) is 23.8 Å². The highest BCUT2D eigenvalue weighted by atomic mass is 79.9. The fourth-order valence-corrected chi connectivity index (χ4v) is 2.53. The number of hydrogen-bond donors (Lipinski definition) is 0. The van der Waals surface area contributed by atoms with Crippen molar-refractivity contribution in [2.24, 2.45) is 0 Å². The van der Waals surface area contributed by atoms with E-state index < -0.39 is 0 Å². The molecular weight excluding hydrogens is 282 g/mol. The number of hydrogen-bond acceptors (Lipinski definition) is 2. The Hall–Kier alpha value is -0.800. The predicted octanol–water partition coefficient (Wildman–Crippen LogP) is 4.61. The number of aryl methyl sites for hydroxylation is 2. The van der Waals surface area contributed by atoms with Crippen LogP contribution in [0.25, 0.3) is 0 Å². The van der Waals surface area contributed by atoms with Crippen LogP contribution >= 0.6 is 27.7 Å². The van der Waals surface area contributed by atoms with Gasteiger partial charge in [-0.3, -0.25) is 0 Å². The SMILES string of the molecule is Cc1ccc(C)c(Sc2ccc(Br)cn2)c1. The van der Waals surface area contributed by atoms with Crippen molar-refractivity contribution in [1.29, 1.82) is 0 Å². The van der Waals surface area contributed by atoms with Gasteiger partial charge in [0.25, 0.3) is 0 Å². The van der Waals surface area contributed by atoms with Crippen LogP contribution in [0.15, 0.2) is 50.9 Å². The van der Waals surface area contributed by atoms with Crippen LogP contribution in [0.5, 0.6) is 0 Å². The number of nitrogens with zero attached hydrogens (tertiary/aromatic N) is 1. The largest absolute Gasteiger partial charge is 0.248 e. The van der Waals surface area contributed by atoms with Gasteiger partial charge in [-0.2, -0.15) is 0 Å². The molecule has 0 saturated heterocycles. The predicted molar refractivity (Wildman–Crippen MR) is 72.0 cm³/mol. The van der Waals surface area contributed by atoms with E-state index in [-0.39, 0.29) is 0 Å². The zero-order valence-electron chi connectivity index (χ0n) is 9.20. The van der Waals surface area contributed by atoms with Crippen LogP contribution in [0.1, 0.15) is 11.1 Å². The second kappa shape index (κ2) is 5.02. The highest BCUT2D eigenvalue weighted by Crippen LogP contribution is 2.29. The molecule has 3 heteroatoms. The van der Waals surface area contributed by atoms with Gasteiger partial charge in [-0.05, 0) is 59.1 Å². The topological polar surface area (TPSA) is 12.9 Å². The van der Waals surface area contributed by atoms with Crippen LogP contribution in [0.2, 0.25) is 0 Å². The summed E-state index contributed by atoms with van der Waals surface area (Å²) in [6, 6.07) is 10.5. The molecule has 0 N–H and O–H groups in total. The van der Waals surface area contributed by atoms with Crippen molar-refractivity contribution < 1.29 is 0 Å². The molecule has 0 aliphatic rings. The molecule has 1 aromatic heterocycles. The van der Waals surface area contributed by atoms with E-state index in [1.54, 1.807) is 11.8 Å². The minimum atomic E-state index is 1.01. The van der Waals surface area contributed by atoms with Crippen LogP contribution in [-0.4, -0.2) is 4.98 Å². The summed E-state index contributed by atoms with van der Waals surface area (Å²) in [7, 11) is 0. The lowest BCUT2D eigenvalue weighted by Gasteiger charge is -2.05. The first-order chi connectivity index (χ1) is 7.65. The number of benzene rings is 1. The third kappa shape index (κ3) is 2.86. The molecule has 2 rings (SSSR count). The van der Waals surface area contributed by atoms with E-state index in [4.69, 9.17) is 0 Å². The molecule has 0 aliphatic heterocycles. The standard InChI is InChI=1S/C13H12BrNS/c1-9-3-4-10(2)12(7-9)16-13-6-5-11(14)8-15-13/h3-8H,1-2H3. The van der Waals surface area contributed by atoms with Crippen molar-refractivity contribution in [3.05, 3.63) is 52.1 Å². The van der Waals surface area contributed by atoms with Crippen molar-refractivity contribution in [2.75, 3.05) is 0 Å². The van der Waals surface area contributed by atoms with Crippen molar-refractivity contribution >= 4 is 27.7 Å². The highest BCUT2D eigenvalue weighted by Gasteiger charge is 2.02. The highest BCUT2D eigenvalue weighted by molar-refractivity contribution is 9.10. The van der Waals surface area contributed by atoms with Gasteiger partial charge in [-0.1, -0.05) is 23.9 Å². The minimum absolute atomic E-state index is 1.01. The molecule has 0 aliphatic carbocycles. The first-order valence-corrected chi connectivity index (χ1v) is 6.63. The zero-order valence-corrected chi connectivity index (χ0v) is 11.6. The molecule has 0 radical (unpaired) electrons. The van der Waals surface area contributed by atoms with Gasteiger partial charge >= 0.3 is 0 Å². The van der Waals surface area contributed by atoms with E-state index in [1.807, 2.05) is 18.3 Å². The monoisotopic (exact) mass is 293 g/mol. The van der Waals surface area contributed by atoms with Gasteiger partial charge in [0.05, 0.1) is 0 Å². The second-order valence-electron chi connectivity index (χ2n) is 3.69. The quantitative estimate of drug-likeness (QED) is 0.802. The fourth-order valence-electron chi connectivity index (χ4n) is 1.35. The Morgan fingerprint density at radius 3 is 2.62 bits per heavy atom. The Morgan fingerprint density at radius 1 is 1.12 bits per heavy atom. The first kappa shape index (κ1) is 11.7. The van der Waals surface area contributed by atoms with Crippen LogP contribution in [0, 0.1) is 13.8 Å². The van der Waals surface area contributed by atoms with E-state index in [2.05, 4.69) is 53.0 Å². The van der Waals surface area contributed by atoms with Crippen molar-refractivity contribution in [3.63, 3.8) is 0 Å². The van der Waals surface area contributed by atoms with E-state index in [9.17, 15) is 0 Å². The summed E-state index contributed by atoms with van der Waals surface area (Å²) in [5.74, 6) is 0.